The van der Waals surface area contributed by atoms with E-state index in [2.05, 4.69) is 41.5 Å². The van der Waals surface area contributed by atoms with Gasteiger partial charge in [-0.25, -0.2) is 0 Å². The van der Waals surface area contributed by atoms with Crippen LogP contribution in [0.1, 0.15) is 112 Å². The Morgan fingerprint density at radius 3 is 2.05 bits per heavy atom. The Hall–Kier alpha value is 0. The van der Waals surface area contributed by atoms with Crippen molar-refractivity contribution in [3.05, 3.63) is 0 Å². The van der Waals surface area contributed by atoms with Gasteiger partial charge in [0, 0.05) is 0 Å². The van der Waals surface area contributed by atoms with Gasteiger partial charge in [0.2, 0.25) is 0 Å². The van der Waals surface area contributed by atoms with Gasteiger partial charge in [0.25, 0.3) is 0 Å². The van der Waals surface area contributed by atoms with E-state index in [1.54, 1.807) is 12.8 Å². The summed E-state index contributed by atoms with van der Waals surface area (Å²) in [4.78, 5) is 0. The first-order chi connectivity index (χ1) is 10.5. The molecule has 22 heavy (non-hydrogen) atoms. The van der Waals surface area contributed by atoms with Crippen LogP contribution in [0.25, 0.3) is 0 Å². The molecule has 0 spiro atoms. The summed E-state index contributed by atoms with van der Waals surface area (Å²) in [6.07, 6.45) is 16.1. The lowest BCUT2D eigenvalue weighted by Crippen LogP contribution is -2.25. The van der Waals surface area contributed by atoms with Crippen molar-refractivity contribution in [3.63, 3.8) is 0 Å². The van der Waals surface area contributed by atoms with Crippen LogP contribution >= 0.6 is 0 Å². The first-order valence-corrected chi connectivity index (χ1v) is 10.5. The Labute approximate surface area is 140 Å². The molecule has 0 heterocycles. The van der Waals surface area contributed by atoms with Crippen LogP contribution in [0.5, 0.6) is 0 Å². The van der Waals surface area contributed by atoms with Crippen molar-refractivity contribution in [2.75, 3.05) is 0 Å². The zero-order chi connectivity index (χ0) is 16.4. The molecule has 0 aromatic carbocycles. The van der Waals surface area contributed by atoms with E-state index in [0.29, 0.717) is 5.41 Å². The van der Waals surface area contributed by atoms with Gasteiger partial charge in [0.1, 0.15) is 0 Å². The third-order valence-corrected chi connectivity index (χ3v) is 8.24. The molecule has 0 N–H and O–H groups in total. The van der Waals surface area contributed by atoms with Crippen molar-refractivity contribution < 1.29 is 0 Å². The maximum atomic E-state index is 2.65. The molecule has 2 saturated carbocycles. The highest BCUT2D eigenvalue weighted by Gasteiger charge is 2.95. The molecular formula is C22H42. The van der Waals surface area contributed by atoms with Crippen LogP contribution in [0, 0.1) is 28.1 Å². The van der Waals surface area contributed by atoms with Crippen LogP contribution in [0.15, 0.2) is 0 Å². The molecule has 0 aliphatic heterocycles. The van der Waals surface area contributed by atoms with Gasteiger partial charge in [0.05, 0.1) is 0 Å². The molecular weight excluding hydrogens is 264 g/mol. The van der Waals surface area contributed by atoms with E-state index in [4.69, 9.17) is 0 Å². The number of rotatable bonds is 12. The topological polar surface area (TPSA) is 0 Å². The standard InChI is InChI=1S/C22H42/c1-7-11-13-19(12-8-2)14-16-22-17-21(22,15-9-3)20(22,6)18(5)10-4/h18-19H,7-17H2,1-6H3. The smallest absolute Gasteiger partial charge is 0.0168 e. The first-order valence-electron chi connectivity index (χ1n) is 10.5. The molecule has 0 aromatic heterocycles. The summed E-state index contributed by atoms with van der Waals surface area (Å²) >= 11 is 0. The Bertz CT molecular complexity index is 359. The molecule has 0 aromatic rings. The minimum absolute atomic E-state index is 0.687. The number of hydrogen-bond donors (Lipinski definition) is 0. The van der Waals surface area contributed by atoms with Crippen LogP contribution < -0.4 is 0 Å². The second-order valence-electron chi connectivity index (χ2n) is 8.94. The van der Waals surface area contributed by atoms with Crippen molar-refractivity contribution in [3.8, 4) is 0 Å². The fraction of sp³-hybridized carbons (Fsp3) is 1.00. The summed E-state index contributed by atoms with van der Waals surface area (Å²) in [5.41, 5.74) is 2.22. The summed E-state index contributed by atoms with van der Waals surface area (Å²) in [5, 5.41) is 0. The molecule has 2 aliphatic rings. The summed E-state index contributed by atoms with van der Waals surface area (Å²) in [6, 6.07) is 0. The predicted molar refractivity (Wildman–Crippen MR) is 99.1 cm³/mol. The van der Waals surface area contributed by atoms with Gasteiger partial charge in [-0.05, 0) is 53.8 Å². The normalized spacial score (nSPS) is 38.5. The Balaban J connectivity index is 1.96. The second kappa shape index (κ2) is 6.86. The molecule has 2 fully saturated rings. The minimum Gasteiger partial charge on any atom is -0.0654 e. The third kappa shape index (κ3) is 2.48. The highest BCUT2D eigenvalue weighted by atomic mass is 15.0. The van der Waals surface area contributed by atoms with Gasteiger partial charge in [-0.15, -0.1) is 0 Å². The zero-order valence-corrected chi connectivity index (χ0v) is 16.4. The van der Waals surface area contributed by atoms with Crippen molar-refractivity contribution in [1.82, 2.24) is 0 Å². The summed E-state index contributed by atoms with van der Waals surface area (Å²) in [7, 11) is 0. The third-order valence-electron chi connectivity index (χ3n) is 8.24. The van der Waals surface area contributed by atoms with Crippen LogP contribution in [-0.4, -0.2) is 0 Å². The quantitative estimate of drug-likeness (QED) is 0.348. The molecule has 2 rings (SSSR count). The Morgan fingerprint density at radius 1 is 0.818 bits per heavy atom. The van der Waals surface area contributed by atoms with E-state index >= 15 is 0 Å². The second-order valence-corrected chi connectivity index (χ2v) is 8.94. The van der Waals surface area contributed by atoms with E-state index in [1.165, 1.54) is 57.8 Å². The molecule has 0 heteroatoms. The first kappa shape index (κ1) is 18.3. The van der Waals surface area contributed by atoms with Gasteiger partial charge >= 0.3 is 0 Å². The predicted octanol–water partition coefficient (Wildman–Crippen LogP) is 7.62. The Kier molecular flexibility index (Phi) is 5.72. The van der Waals surface area contributed by atoms with Crippen molar-refractivity contribution in [2.45, 2.75) is 112 Å². The van der Waals surface area contributed by atoms with Crippen LogP contribution in [0.2, 0.25) is 0 Å². The fourth-order valence-electron chi connectivity index (χ4n) is 6.55. The monoisotopic (exact) mass is 306 g/mol. The van der Waals surface area contributed by atoms with Crippen molar-refractivity contribution in [2.24, 2.45) is 28.1 Å². The molecule has 0 amide bonds. The summed E-state index contributed by atoms with van der Waals surface area (Å²) < 4.78 is 0. The SMILES string of the molecule is CCCCC(CCC)CCC12CC1(CCC)C2(C)C(C)CC. The highest BCUT2D eigenvalue weighted by molar-refractivity contribution is 5.43. The average molecular weight is 307 g/mol. The molecule has 5 atom stereocenters. The molecule has 0 saturated heterocycles. The van der Waals surface area contributed by atoms with Gasteiger partial charge in [-0.1, -0.05) is 86.5 Å². The van der Waals surface area contributed by atoms with E-state index < -0.39 is 0 Å². The number of fused-ring (bicyclic) bond motifs is 1. The summed E-state index contributed by atoms with van der Waals surface area (Å²) in [5.74, 6) is 1.94. The van der Waals surface area contributed by atoms with E-state index in [-0.39, 0.29) is 0 Å². The van der Waals surface area contributed by atoms with E-state index in [0.717, 1.165) is 22.7 Å². The van der Waals surface area contributed by atoms with Gasteiger partial charge in [0.15, 0.2) is 0 Å². The highest BCUT2D eigenvalue weighted by Crippen LogP contribution is 3.01. The van der Waals surface area contributed by atoms with Gasteiger partial charge < -0.3 is 0 Å². The molecule has 0 radical (unpaired) electrons. The van der Waals surface area contributed by atoms with Crippen LogP contribution in [0.4, 0.5) is 0 Å². The lowest BCUT2D eigenvalue weighted by atomic mass is 9.72. The lowest BCUT2D eigenvalue weighted by Gasteiger charge is -2.32. The molecule has 130 valence electrons. The van der Waals surface area contributed by atoms with Crippen LogP contribution in [0.3, 0.4) is 0 Å². The maximum absolute atomic E-state index is 2.65. The van der Waals surface area contributed by atoms with Crippen LogP contribution in [-0.2, 0) is 0 Å². The number of unbranched alkanes of at least 4 members (excludes halogenated alkanes) is 1. The maximum Gasteiger partial charge on any atom is -0.0168 e. The van der Waals surface area contributed by atoms with Crippen molar-refractivity contribution in [1.29, 1.82) is 0 Å². The minimum atomic E-state index is 0.687. The molecule has 0 bridgehead atoms. The number of hydrogen-bond acceptors (Lipinski definition) is 0. The fourth-order valence-corrected chi connectivity index (χ4v) is 6.55. The van der Waals surface area contributed by atoms with Gasteiger partial charge in [-0.3, -0.25) is 0 Å². The van der Waals surface area contributed by atoms with Gasteiger partial charge in [-0.2, -0.15) is 0 Å². The molecule has 2 aliphatic carbocycles. The molecule has 0 nitrogen and oxygen atoms in total. The largest absolute Gasteiger partial charge is 0.0654 e. The Morgan fingerprint density at radius 2 is 1.50 bits per heavy atom. The lowest BCUT2D eigenvalue weighted by molar-refractivity contribution is 0.163. The zero-order valence-electron chi connectivity index (χ0n) is 16.4. The average Bonchev–Trinajstić information content (AvgIpc) is 3.32. The van der Waals surface area contributed by atoms with Crippen molar-refractivity contribution >= 4 is 0 Å². The summed E-state index contributed by atoms with van der Waals surface area (Å²) in [6.45, 7) is 14.7. The molecule has 5 unspecified atom stereocenters. The van der Waals surface area contributed by atoms with E-state index in [1.807, 2.05) is 0 Å². The van der Waals surface area contributed by atoms with E-state index in [9.17, 15) is 0 Å².